The molecule has 0 fully saturated rings. The molecule has 8 heteroatoms. The Labute approximate surface area is 194 Å². The van der Waals surface area contributed by atoms with Crippen LogP contribution in [0.5, 0.6) is 0 Å². The molecule has 2 N–H and O–H groups in total. The summed E-state index contributed by atoms with van der Waals surface area (Å²) in [6, 6.07) is 8.30. The number of para-hydroxylation sites is 2. The highest BCUT2D eigenvalue weighted by atomic mass is 127. The van der Waals surface area contributed by atoms with Gasteiger partial charge in [-0.1, -0.05) is 12.1 Å². The maximum Gasteiger partial charge on any atom is 0.191 e. The summed E-state index contributed by atoms with van der Waals surface area (Å²) in [5.74, 6) is 1.96. The fourth-order valence-electron chi connectivity index (χ4n) is 3.20. The van der Waals surface area contributed by atoms with E-state index in [0.29, 0.717) is 0 Å². The molecule has 2 aromatic heterocycles. The third-order valence-electron chi connectivity index (χ3n) is 4.53. The van der Waals surface area contributed by atoms with Crippen LogP contribution in [0.1, 0.15) is 36.3 Å². The molecule has 0 aliphatic heterocycles. The Bertz CT molecular complexity index is 917. The Morgan fingerprint density at radius 1 is 1.14 bits per heavy atom. The Balaban J connectivity index is 0.00000300. The molecule has 0 spiro atoms. The van der Waals surface area contributed by atoms with Crippen molar-refractivity contribution in [3.63, 3.8) is 0 Å². The van der Waals surface area contributed by atoms with Crippen molar-refractivity contribution in [1.29, 1.82) is 0 Å². The van der Waals surface area contributed by atoms with E-state index in [1.54, 1.807) is 11.3 Å². The van der Waals surface area contributed by atoms with E-state index in [1.807, 2.05) is 13.0 Å². The predicted molar refractivity (Wildman–Crippen MR) is 134 cm³/mol. The molecule has 0 saturated heterocycles. The van der Waals surface area contributed by atoms with Gasteiger partial charge in [0, 0.05) is 43.7 Å². The van der Waals surface area contributed by atoms with E-state index in [-0.39, 0.29) is 24.0 Å². The van der Waals surface area contributed by atoms with Crippen LogP contribution < -0.4 is 10.6 Å². The minimum absolute atomic E-state index is 0. The standard InChI is InChI=1S/C21H30N6S.HI/c1-4-22-21(23-12-7-11-20-25-16(2)15-28-20)24-13-8-14-27-17(3)26-18-9-5-6-10-19(18)27;/h5-6,9-10,15H,4,7-8,11-14H2,1-3H3,(H2,22,23,24);1H. The molecule has 2 heterocycles. The second-order valence-corrected chi connectivity index (χ2v) is 7.77. The Morgan fingerprint density at radius 3 is 2.72 bits per heavy atom. The predicted octanol–water partition coefficient (Wildman–Crippen LogP) is 4.31. The van der Waals surface area contributed by atoms with Gasteiger partial charge < -0.3 is 15.2 Å². The second kappa shape index (κ2) is 12.1. The van der Waals surface area contributed by atoms with E-state index in [1.165, 1.54) is 10.5 Å². The molecule has 0 radical (unpaired) electrons. The van der Waals surface area contributed by atoms with Gasteiger partial charge in [0.25, 0.3) is 0 Å². The van der Waals surface area contributed by atoms with Crippen LogP contribution in [0.3, 0.4) is 0 Å². The van der Waals surface area contributed by atoms with Gasteiger partial charge in [0.15, 0.2) is 5.96 Å². The average Bonchev–Trinajstić information content (AvgIpc) is 3.24. The number of aliphatic imine (C=N–C) groups is 1. The highest BCUT2D eigenvalue weighted by Crippen LogP contribution is 2.15. The molecule has 0 atom stereocenters. The third kappa shape index (κ3) is 6.95. The maximum atomic E-state index is 4.72. The zero-order valence-corrected chi connectivity index (χ0v) is 20.6. The zero-order chi connectivity index (χ0) is 19.8. The summed E-state index contributed by atoms with van der Waals surface area (Å²) in [6.45, 7) is 9.68. The highest BCUT2D eigenvalue weighted by Gasteiger charge is 2.06. The molecule has 158 valence electrons. The Kier molecular flexibility index (Phi) is 9.86. The Morgan fingerprint density at radius 2 is 1.97 bits per heavy atom. The molecule has 0 amide bonds. The van der Waals surface area contributed by atoms with Crippen LogP contribution in [0.4, 0.5) is 0 Å². The topological polar surface area (TPSA) is 67.1 Å². The molecule has 0 saturated carbocycles. The van der Waals surface area contributed by atoms with Gasteiger partial charge in [0.2, 0.25) is 0 Å². The van der Waals surface area contributed by atoms with Crippen LogP contribution >= 0.6 is 35.3 Å². The third-order valence-corrected chi connectivity index (χ3v) is 5.55. The highest BCUT2D eigenvalue weighted by molar-refractivity contribution is 14.0. The van der Waals surface area contributed by atoms with Gasteiger partial charge in [-0.05, 0) is 45.7 Å². The summed E-state index contributed by atoms with van der Waals surface area (Å²) in [5, 5.41) is 10.1. The number of guanidine groups is 1. The lowest BCUT2D eigenvalue weighted by Gasteiger charge is -2.11. The van der Waals surface area contributed by atoms with E-state index in [2.05, 4.69) is 62.6 Å². The number of benzene rings is 1. The fraction of sp³-hybridized carbons (Fsp3) is 0.476. The maximum absolute atomic E-state index is 4.72. The van der Waals surface area contributed by atoms with Crippen molar-refractivity contribution in [2.75, 3.05) is 19.6 Å². The van der Waals surface area contributed by atoms with Gasteiger partial charge in [0.1, 0.15) is 5.82 Å². The molecule has 0 unspecified atom stereocenters. The number of aryl methyl sites for hydroxylation is 4. The van der Waals surface area contributed by atoms with Crippen molar-refractivity contribution in [1.82, 2.24) is 25.2 Å². The van der Waals surface area contributed by atoms with Crippen molar-refractivity contribution in [3.05, 3.63) is 46.2 Å². The van der Waals surface area contributed by atoms with Crippen molar-refractivity contribution in [2.45, 2.75) is 46.6 Å². The lowest BCUT2D eigenvalue weighted by Crippen LogP contribution is -2.38. The van der Waals surface area contributed by atoms with Crippen LogP contribution in [-0.4, -0.2) is 40.1 Å². The van der Waals surface area contributed by atoms with Crippen molar-refractivity contribution >= 4 is 52.3 Å². The molecule has 1 aromatic carbocycles. The van der Waals surface area contributed by atoms with Gasteiger partial charge in [-0.25, -0.2) is 9.97 Å². The molecule has 0 aliphatic carbocycles. The molecular weight excluding hydrogens is 495 g/mol. The first-order valence-electron chi connectivity index (χ1n) is 10.0. The van der Waals surface area contributed by atoms with Crippen molar-refractivity contribution in [3.8, 4) is 0 Å². The number of imidazole rings is 1. The molecular formula is C21H31IN6S. The molecule has 3 aromatic rings. The van der Waals surface area contributed by atoms with Crippen LogP contribution in [-0.2, 0) is 13.0 Å². The number of rotatable bonds is 9. The minimum atomic E-state index is 0. The first-order valence-corrected chi connectivity index (χ1v) is 10.9. The van der Waals surface area contributed by atoms with Gasteiger partial charge >= 0.3 is 0 Å². The van der Waals surface area contributed by atoms with Crippen LogP contribution in [0.25, 0.3) is 11.0 Å². The van der Waals surface area contributed by atoms with Crippen LogP contribution in [0.15, 0.2) is 34.6 Å². The minimum Gasteiger partial charge on any atom is -0.357 e. The number of hydrogen-bond donors (Lipinski definition) is 2. The smallest absolute Gasteiger partial charge is 0.191 e. The van der Waals surface area contributed by atoms with Gasteiger partial charge in [0.05, 0.1) is 16.0 Å². The summed E-state index contributed by atoms with van der Waals surface area (Å²) in [5.41, 5.74) is 3.38. The molecule has 3 rings (SSSR count). The molecule has 6 nitrogen and oxygen atoms in total. The first-order chi connectivity index (χ1) is 13.7. The van der Waals surface area contributed by atoms with E-state index in [0.717, 1.165) is 68.4 Å². The molecule has 0 aliphatic rings. The summed E-state index contributed by atoms with van der Waals surface area (Å²) < 4.78 is 2.28. The number of aromatic nitrogens is 3. The van der Waals surface area contributed by atoms with E-state index in [4.69, 9.17) is 4.99 Å². The second-order valence-electron chi connectivity index (χ2n) is 6.83. The van der Waals surface area contributed by atoms with Gasteiger partial charge in [-0.3, -0.25) is 4.99 Å². The van der Waals surface area contributed by atoms with Crippen LogP contribution in [0.2, 0.25) is 0 Å². The van der Waals surface area contributed by atoms with Crippen molar-refractivity contribution < 1.29 is 0 Å². The van der Waals surface area contributed by atoms with Crippen LogP contribution in [0, 0.1) is 13.8 Å². The van der Waals surface area contributed by atoms with Crippen molar-refractivity contribution in [2.24, 2.45) is 4.99 Å². The quantitative estimate of drug-likeness (QED) is 0.189. The number of nitrogens with zero attached hydrogens (tertiary/aromatic N) is 4. The number of fused-ring (bicyclic) bond motifs is 1. The molecule has 29 heavy (non-hydrogen) atoms. The number of halogens is 1. The SMILES string of the molecule is CCNC(=NCCCn1c(C)nc2ccccc21)NCCCc1nc(C)cs1.I. The summed E-state index contributed by atoms with van der Waals surface area (Å²) >= 11 is 1.74. The summed E-state index contributed by atoms with van der Waals surface area (Å²) in [6.07, 6.45) is 3.05. The monoisotopic (exact) mass is 526 g/mol. The number of nitrogens with one attached hydrogen (secondary N) is 2. The number of hydrogen-bond acceptors (Lipinski definition) is 4. The lowest BCUT2D eigenvalue weighted by molar-refractivity contribution is 0.645. The Hall–Kier alpha value is -1.68. The van der Waals surface area contributed by atoms with E-state index < -0.39 is 0 Å². The summed E-state index contributed by atoms with van der Waals surface area (Å²) in [7, 11) is 0. The van der Waals surface area contributed by atoms with E-state index >= 15 is 0 Å². The largest absolute Gasteiger partial charge is 0.357 e. The zero-order valence-electron chi connectivity index (χ0n) is 17.4. The van der Waals surface area contributed by atoms with Gasteiger partial charge in [-0.15, -0.1) is 35.3 Å². The number of thiazole rings is 1. The lowest BCUT2D eigenvalue weighted by atomic mass is 10.3. The summed E-state index contributed by atoms with van der Waals surface area (Å²) in [4.78, 5) is 13.9. The van der Waals surface area contributed by atoms with E-state index in [9.17, 15) is 0 Å². The average molecular weight is 526 g/mol. The first kappa shape index (κ1) is 23.6. The fourth-order valence-corrected chi connectivity index (χ4v) is 4.02. The normalized spacial score (nSPS) is 11.5. The van der Waals surface area contributed by atoms with Gasteiger partial charge in [-0.2, -0.15) is 0 Å². The molecule has 0 bridgehead atoms.